The molecule has 5 heteroatoms. The Labute approximate surface area is 88.3 Å². The molecule has 0 atom stereocenters. The standard InChI is InChI=1S/C9H15N3OS/c1-3-4-5-14-9-7(10)8(13-2)11-6-12-9/h6H,3-5,10H2,1-2H3. The van der Waals surface area contributed by atoms with Crippen molar-refractivity contribution in [3.8, 4) is 5.88 Å². The summed E-state index contributed by atoms with van der Waals surface area (Å²) < 4.78 is 5.00. The highest BCUT2D eigenvalue weighted by Crippen LogP contribution is 2.28. The van der Waals surface area contributed by atoms with Crippen molar-refractivity contribution in [1.29, 1.82) is 0 Å². The molecule has 0 saturated heterocycles. The molecule has 1 rings (SSSR count). The highest BCUT2D eigenvalue weighted by Gasteiger charge is 2.07. The fourth-order valence-corrected chi connectivity index (χ4v) is 1.95. The van der Waals surface area contributed by atoms with Crippen molar-refractivity contribution in [3.63, 3.8) is 0 Å². The summed E-state index contributed by atoms with van der Waals surface area (Å²) in [4.78, 5) is 8.02. The van der Waals surface area contributed by atoms with Gasteiger partial charge < -0.3 is 10.5 Å². The molecule has 0 fully saturated rings. The summed E-state index contributed by atoms with van der Waals surface area (Å²) in [6.07, 6.45) is 3.81. The summed E-state index contributed by atoms with van der Waals surface area (Å²) in [5.74, 6) is 1.49. The molecule has 78 valence electrons. The van der Waals surface area contributed by atoms with Gasteiger partial charge in [0.15, 0.2) is 0 Å². The van der Waals surface area contributed by atoms with Gasteiger partial charge in [-0.1, -0.05) is 13.3 Å². The molecular formula is C9H15N3OS. The average molecular weight is 213 g/mol. The fourth-order valence-electron chi connectivity index (χ4n) is 0.955. The van der Waals surface area contributed by atoms with E-state index in [0.717, 1.165) is 17.2 Å². The van der Waals surface area contributed by atoms with Gasteiger partial charge in [-0.15, -0.1) is 11.8 Å². The van der Waals surface area contributed by atoms with Crippen molar-refractivity contribution in [2.24, 2.45) is 0 Å². The number of methoxy groups -OCH3 is 1. The minimum Gasteiger partial charge on any atom is -0.479 e. The van der Waals surface area contributed by atoms with Crippen LogP contribution < -0.4 is 10.5 Å². The number of anilines is 1. The van der Waals surface area contributed by atoms with Crippen LogP contribution in [0.1, 0.15) is 19.8 Å². The molecule has 0 aromatic carbocycles. The highest BCUT2D eigenvalue weighted by molar-refractivity contribution is 7.99. The van der Waals surface area contributed by atoms with Gasteiger partial charge in [0.2, 0.25) is 5.88 Å². The molecule has 0 radical (unpaired) electrons. The van der Waals surface area contributed by atoms with E-state index in [0.29, 0.717) is 11.6 Å². The second-order valence-corrected chi connectivity index (χ2v) is 3.89. The molecule has 1 aromatic rings. The van der Waals surface area contributed by atoms with Gasteiger partial charge in [-0.05, 0) is 12.2 Å². The second-order valence-electron chi connectivity index (χ2n) is 2.80. The Bertz CT molecular complexity index is 293. The van der Waals surface area contributed by atoms with Crippen molar-refractivity contribution >= 4 is 17.4 Å². The van der Waals surface area contributed by atoms with Crippen LogP contribution in [0, 0.1) is 0 Å². The molecule has 0 amide bonds. The first kappa shape index (κ1) is 11.1. The summed E-state index contributed by atoms with van der Waals surface area (Å²) in [5.41, 5.74) is 6.34. The van der Waals surface area contributed by atoms with Crippen molar-refractivity contribution in [1.82, 2.24) is 9.97 Å². The molecule has 1 aromatic heterocycles. The monoisotopic (exact) mass is 213 g/mol. The van der Waals surface area contributed by atoms with Crippen LogP contribution in [-0.2, 0) is 0 Å². The second kappa shape index (κ2) is 5.70. The number of nitrogens with two attached hydrogens (primary N) is 1. The number of unbranched alkanes of at least 4 members (excludes halogenated alkanes) is 1. The van der Waals surface area contributed by atoms with Crippen LogP contribution in [0.25, 0.3) is 0 Å². The highest BCUT2D eigenvalue weighted by atomic mass is 32.2. The number of hydrogen-bond acceptors (Lipinski definition) is 5. The molecule has 14 heavy (non-hydrogen) atoms. The van der Waals surface area contributed by atoms with Crippen LogP contribution in [0.15, 0.2) is 11.4 Å². The van der Waals surface area contributed by atoms with E-state index in [2.05, 4.69) is 16.9 Å². The normalized spacial score (nSPS) is 10.1. The van der Waals surface area contributed by atoms with Gasteiger partial charge in [-0.3, -0.25) is 0 Å². The molecule has 0 saturated carbocycles. The predicted molar refractivity (Wildman–Crippen MR) is 58.6 cm³/mol. The van der Waals surface area contributed by atoms with E-state index >= 15 is 0 Å². The van der Waals surface area contributed by atoms with Crippen molar-refractivity contribution in [3.05, 3.63) is 6.33 Å². The molecule has 2 N–H and O–H groups in total. The lowest BCUT2D eigenvalue weighted by molar-refractivity contribution is 0.397. The molecule has 0 aliphatic carbocycles. The van der Waals surface area contributed by atoms with Crippen molar-refractivity contribution in [2.45, 2.75) is 24.8 Å². The zero-order valence-electron chi connectivity index (χ0n) is 8.49. The summed E-state index contributed by atoms with van der Waals surface area (Å²) in [7, 11) is 1.55. The Morgan fingerprint density at radius 2 is 2.29 bits per heavy atom. The molecule has 0 spiro atoms. The minimum absolute atomic E-state index is 0.457. The average Bonchev–Trinajstić information content (AvgIpc) is 2.21. The van der Waals surface area contributed by atoms with Crippen LogP contribution >= 0.6 is 11.8 Å². The maximum absolute atomic E-state index is 5.81. The van der Waals surface area contributed by atoms with Crippen molar-refractivity contribution in [2.75, 3.05) is 18.6 Å². The Balaban J connectivity index is 2.66. The number of nitrogens with zero attached hydrogens (tertiary/aromatic N) is 2. The van der Waals surface area contributed by atoms with E-state index in [-0.39, 0.29) is 0 Å². The lowest BCUT2D eigenvalue weighted by atomic mass is 10.4. The molecule has 0 bridgehead atoms. The smallest absolute Gasteiger partial charge is 0.241 e. The SMILES string of the molecule is CCCCSc1ncnc(OC)c1N. The first-order chi connectivity index (χ1) is 6.79. The van der Waals surface area contributed by atoms with E-state index < -0.39 is 0 Å². The maximum atomic E-state index is 5.81. The molecule has 1 heterocycles. The third kappa shape index (κ3) is 2.77. The summed E-state index contributed by atoms with van der Waals surface area (Å²) in [6, 6.07) is 0. The van der Waals surface area contributed by atoms with Crippen LogP contribution in [0.2, 0.25) is 0 Å². The number of thioether (sulfide) groups is 1. The van der Waals surface area contributed by atoms with E-state index in [4.69, 9.17) is 10.5 Å². The fraction of sp³-hybridized carbons (Fsp3) is 0.556. The molecule has 0 aliphatic rings. The topological polar surface area (TPSA) is 61.0 Å². The lowest BCUT2D eigenvalue weighted by Gasteiger charge is -2.06. The maximum Gasteiger partial charge on any atom is 0.241 e. The molecular weight excluding hydrogens is 198 g/mol. The van der Waals surface area contributed by atoms with Crippen molar-refractivity contribution < 1.29 is 4.74 Å². The summed E-state index contributed by atoms with van der Waals surface area (Å²) in [5, 5.41) is 0.810. The van der Waals surface area contributed by atoms with E-state index in [1.54, 1.807) is 18.9 Å². The zero-order chi connectivity index (χ0) is 10.4. The van der Waals surface area contributed by atoms with E-state index in [1.165, 1.54) is 12.7 Å². The quantitative estimate of drug-likeness (QED) is 0.460. The number of hydrogen-bond donors (Lipinski definition) is 1. The number of nitrogen functional groups attached to an aromatic ring is 1. The number of ether oxygens (including phenoxy) is 1. The first-order valence-electron chi connectivity index (χ1n) is 4.56. The number of rotatable bonds is 5. The van der Waals surface area contributed by atoms with Gasteiger partial charge in [0, 0.05) is 0 Å². The zero-order valence-corrected chi connectivity index (χ0v) is 9.30. The first-order valence-corrected chi connectivity index (χ1v) is 5.55. The minimum atomic E-state index is 0.457. The van der Waals surface area contributed by atoms with Crippen LogP contribution in [0.4, 0.5) is 5.69 Å². The molecule has 0 unspecified atom stereocenters. The summed E-state index contributed by atoms with van der Waals surface area (Å²) in [6.45, 7) is 2.16. The number of aromatic nitrogens is 2. The van der Waals surface area contributed by atoms with Gasteiger partial charge in [0.1, 0.15) is 17.0 Å². The molecule has 4 nitrogen and oxygen atoms in total. The Hall–Kier alpha value is -0.970. The van der Waals surface area contributed by atoms with Gasteiger partial charge >= 0.3 is 0 Å². The van der Waals surface area contributed by atoms with Crippen LogP contribution in [0.3, 0.4) is 0 Å². The third-order valence-electron chi connectivity index (χ3n) is 1.74. The van der Waals surface area contributed by atoms with E-state index in [1.807, 2.05) is 0 Å². The Kier molecular flexibility index (Phi) is 4.52. The lowest BCUT2D eigenvalue weighted by Crippen LogP contribution is -1.99. The predicted octanol–water partition coefficient (Wildman–Crippen LogP) is 1.96. The molecule has 0 aliphatic heterocycles. The van der Waals surface area contributed by atoms with Gasteiger partial charge in [0.05, 0.1) is 7.11 Å². The van der Waals surface area contributed by atoms with Crippen LogP contribution in [-0.4, -0.2) is 22.8 Å². The van der Waals surface area contributed by atoms with Gasteiger partial charge in [-0.25, -0.2) is 4.98 Å². The van der Waals surface area contributed by atoms with E-state index in [9.17, 15) is 0 Å². The Morgan fingerprint density at radius 1 is 1.50 bits per heavy atom. The largest absolute Gasteiger partial charge is 0.479 e. The summed E-state index contributed by atoms with van der Waals surface area (Å²) >= 11 is 1.65. The van der Waals surface area contributed by atoms with Crippen LogP contribution in [0.5, 0.6) is 5.88 Å². The Morgan fingerprint density at radius 3 is 2.93 bits per heavy atom. The third-order valence-corrected chi connectivity index (χ3v) is 2.83. The van der Waals surface area contributed by atoms with Gasteiger partial charge in [-0.2, -0.15) is 4.98 Å². The van der Waals surface area contributed by atoms with Gasteiger partial charge in [0.25, 0.3) is 0 Å².